The third kappa shape index (κ3) is 8.55. The molecule has 2 amide bonds. The van der Waals surface area contributed by atoms with Crippen molar-refractivity contribution in [3.63, 3.8) is 0 Å². The van der Waals surface area contributed by atoms with Gasteiger partial charge in [-0.15, -0.1) is 0 Å². The highest BCUT2D eigenvalue weighted by Gasteiger charge is 2.31. The van der Waals surface area contributed by atoms with Crippen molar-refractivity contribution in [2.24, 2.45) is 5.41 Å². The number of carboxylic acids is 1. The molecule has 1 aliphatic rings. The van der Waals surface area contributed by atoms with E-state index in [9.17, 15) is 24.3 Å². The third-order valence-corrected chi connectivity index (χ3v) is 7.64. The first-order valence-electron chi connectivity index (χ1n) is 15.0. The van der Waals surface area contributed by atoms with Crippen LogP contribution in [0.3, 0.4) is 0 Å². The van der Waals surface area contributed by atoms with Crippen LogP contribution in [0.4, 0.5) is 5.69 Å². The number of carbonyl (C=O) groups excluding carboxylic acids is 3. The molecule has 0 saturated carbocycles. The molecule has 2 N–H and O–H groups in total. The van der Waals surface area contributed by atoms with Crippen LogP contribution in [-0.4, -0.2) is 96.4 Å². The monoisotopic (exact) mass is 635 g/mol. The number of carbonyl (C=O) groups is 4. The van der Waals surface area contributed by atoms with Crippen molar-refractivity contribution >= 4 is 29.3 Å². The Kier molecular flexibility index (Phi) is 10.9. The number of aromatic nitrogens is 2. The van der Waals surface area contributed by atoms with Crippen LogP contribution in [0.15, 0.2) is 54.6 Å². The average Bonchev–Trinajstić information content (AvgIpc) is 3.49. The van der Waals surface area contributed by atoms with Crippen LogP contribution >= 0.6 is 0 Å². The van der Waals surface area contributed by atoms with Crippen LogP contribution in [0.25, 0.3) is 5.69 Å². The molecule has 0 spiro atoms. The lowest BCUT2D eigenvalue weighted by molar-refractivity contribution is -0.138. The highest BCUT2D eigenvalue weighted by Crippen LogP contribution is 2.29. The van der Waals surface area contributed by atoms with Crippen LogP contribution < -0.4 is 24.4 Å². The zero-order chi connectivity index (χ0) is 33.4. The number of carboxylic acid groups (broad SMARTS) is 1. The smallest absolute Gasteiger partial charge is 0.303 e. The minimum absolute atomic E-state index is 0.0491. The zero-order valence-corrected chi connectivity index (χ0v) is 26.8. The summed E-state index contributed by atoms with van der Waals surface area (Å²) in [7, 11) is 3.16. The maximum Gasteiger partial charge on any atom is 0.303 e. The number of hydrogen-bond donors (Lipinski definition) is 2. The van der Waals surface area contributed by atoms with Gasteiger partial charge in [0, 0.05) is 68.0 Å². The van der Waals surface area contributed by atoms with Crippen molar-refractivity contribution in [1.82, 2.24) is 20.0 Å². The summed E-state index contributed by atoms with van der Waals surface area (Å²) < 4.78 is 18.0. The van der Waals surface area contributed by atoms with Crippen molar-refractivity contribution < 1.29 is 38.5 Å². The molecule has 46 heavy (non-hydrogen) atoms. The van der Waals surface area contributed by atoms with Crippen molar-refractivity contribution in [3.8, 4) is 23.1 Å². The van der Waals surface area contributed by atoms with E-state index in [1.807, 2.05) is 18.2 Å². The highest BCUT2D eigenvalue weighted by atomic mass is 16.5. The topological polar surface area (TPSA) is 153 Å². The molecular weight excluding hydrogens is 594 g/mol. The van der Waals surface area contributed by atoms with Gasteiger partial charge in [-0.2, -0.15) is 5.10 Å². The minimum atomic E-state index is -1.10. The van der Waals surface area contributed by atoms with Gasteiger partial charge in [0.1, 0.15) is 24.1 Å². The van der Waals surface area contributed by atoms with E-state index in [1.165, 1.54) is 10.7 Å². The Morgan fingerprint density at radius 3 is 2.11 bits per heavy atom. The van der Waals surface area contributed by atoms with E-state index in [0.29, 0.717) is 43.4 Å². The molecule has 13 nitrogen and oxygen atoms in total. The third-order valence-electron chi connectivity index (χ3n) is 7.64. The second kappa shape index (κ2) is 14.8. The van der Waals surface area contributed by atoms with Gasteiger partial charge in [-0.05, 0) is 18.6 Å². The fourth-order valence-electron chi connectivity index (χ4n) is 4.83. The SMILES string of the molecule is COc1cc(OC)cc(N2CCN(C(=O)[C@H](CCC(=O)O)NC(=O)c3cc(OCC(=O)C(C)(C)C)n(-c4ccccc4)n3)CC2)c1. The van der Waals surface area contributed by atoms with Gasteiger partial charge < -0.3 is 34.4 Å². The van der Waals surface area contributed by atoms with Crippen molar-refractivity contribution in [1.29, 1.82) is 0 Å². The molecule has 4 rings (SSSR count). The van der Waals surface area contributed by atoms with Gasteiger partial charge in [-0.1, -0.05) is 39.0 Å². The van der Waals surface area contributed by atoms with E-state index in [-0.39, 0.29) is 42.7 Å². The van der Waals surface area contributed by atoms with Crippen LogP contribution in [0.1, 0.15) is 44.1 Å². The Labute approximate surface area is 268 Å². The van der Waals surface area contributed by atoms with E-state index in [1.54, 1.807) is 70.2 Å². The number of nitrogens with one attached hydrogen (secondary N) is 1. The first kappa shape index (κ1) is 33.8. The maximum atomic E-state index is 13.7. The molecule has 1 atom stereocenters. The first-order valence-corrected chi connectivity index (χ1v) is 15.0. The van der Waals surface area contributed by atoms with E-state index in [0.717, 1.165) is 5.69 Å². The van der Waals surface area contributed by atoms with Crippen molar-refractivity contribution in [2.45, 2.75) is 39.7 Å². The van der Waals surface area contributed by atoms with Crippen LogP contribution in [0.2, 0.25) is 0 Å². The molecule has 0 radical (unpaired) electrons. The normalized spacial score (nSPS) is 13.9. The number of ketones is 1. The Bertz CT molecular complexity index is 1520. The molecule has 2 aromatic carbocycles. The number of ether oxygens (including phenoxy) is 3. The number of para-hydroxylation sites is 1. The van der Waals surface area contributed by atoms with Gasteiger partial charge in [0.2, 0.25) is 11.8 Å². The summed E-state index contributed by atoms with van der Waals surface area (Å²) in [6.07, 6.45) is -0.419. The summed E-state index contributed by atoms with van der Waals surface area (Å²) in [6, 6.07) is 14.8. The number of anilines is 1. The predicted octanol–water partition coefficient (Wildman–Crippen LogP) is 3.20. The lowest BCUT2D eigenvalue weighted by Gasteiger charge is -2.37. The average molecular weight is 636 g/mol. The van der Waals surface area contributed by atoms with Gasteiger partial charge in [-0.3, -0.25) is 19.2 Å². The molecule has 1 saturated heterocycles. The van der Waals surface area contributed by atoms with Crippen molar-refractivity contribution in [3.05, 3.63) is 60.3 Å². The fourth-order valence-corrected chi connectivity index (χ4v) is 4.83. The number of nitrogens with zero attached hydrogens (tertiary/aromatic N) is 4. The van der Waals surface area contributed by atoms with E-state index in [2.05, 4.69) is 15.3 Å². The largest absolute Gasteiger partial charge is 0.497 e. The molecule has 3 aromatic rings. The van der Waals surface area contributed by atoms with E-state index >= 15 is 0 Å². The highest BCUT2D eigenvalue weighted by molar-refractivity contribution is 5.96. The summed E-state index contributed by atoms with van der Waals surface area (Å²) >= 11 is 0. The summed E-state index contributed by atoms with van der Waals surface area (Å²) in [5.41, 5.74) is 0.814. The number of rotatable bonds is 13. The second-order valence-corrected chi connectivity index (χ2v) is 11.9. The Balaban J connectivity index is 1.50. The predicted molar refractivity (Wildman–Crippen MR) is 170 cm³/mol. The summed E-state index contributed by atoms with van der Waals surface area (Å²) in [5.74, 6) is -0.810. The standard InChI is InChI=1S/C33H41N5O8/c1-33(2,3)28(39)21-46-29-20-27(35-38(29)22-9-7-6-8-10-22)31(42)34-26(11-12-30(40)41)32(43)37-15-13-36(14-16-37)23-17-24(44-4)19-25(18-23)45-5/h6-10,17-20,26H,11-16,21H2,1-5H3,(H,34,42)(H,40,41)/t26-/m0/s1. The van der Waals surface area contributed by atoms with Gasteiger partial charge in [0.15, 0.2) is 11.5 Å². The number of amides is 2. The molecule has 246 valence electrons. The number of aliphatic carboxylic acids is 1. The van der Waals surface area contributed by atoms with Crippen LogP contribution in [0.5, 0.6) is 17.4 Å². The molecule has 1 aliphatic heterocycles. The molecule has 1 fully saturated rings. The molecule has 2 heterocycles. The Morgan fingerprint density at radius 2 is 1.54 bits per heavy atom. The zero-order valence-electron chi connectivity index (χ0n) is 26.8. The number of methoxy groups -OCH3 is 2. The maximum absolute atomic E-state index is 13.7. The molecule has 0 aliphatic carbocycles. The summed E-state index contributed by atoms with van der Waals surface area (Å²) in [5, 5.41) is 16.5. The van der Waals surface area contributed by atoms with Gasteiger partial charge >= 0.3 is 5.97 Å². The molecule has 1 aromatic heterocycles. The van der Waals surface area contributed by atoms with Gasteiger partial charge in [0.05, 0.1) is 19.9 Å². The molecule has 13 heteroatoms. The fraction of sp³-hybridized carbons (Fsp3) is 0.424. The Hall–Kier alpha value is -5.07. The lowest BCUT2D eigenvalue weighted by Crippen LogP contribution is -2.55. The first-order chi connectivity index (χ1) is 21.9. The second-order valence-electron chi connectivity index (χ2n) is 11.9. The lowest BCUT2D eigenvalue weighted by atomic mass is 9.91. The van der Waals surface area contributed by atoms with E-state index in [4.69, 9.17) is 14.2 Å². The number of Topliss-reactive ketones (excluding diaryl/α,β-unsaturated/α-hetero) is 1. The van der Waals surface area contributed by atoms with Crippen molar-refractivity contribution in [2.75, 3.05) is 51.9 Å². The number of piperazine rings is 1. The molecule has 0 bridgehead atoms. The van der Waals surface area contributed by atoms with Gasteiger partial charge in [-0.25, -0.2) is 4.68 Å². The summed E-state index contributed by atoms with van der Waals surface area (Å²) in [6.45, 7) is 6.88. The van der Waals surface area contributed by atoms with Crippen LogP contribution in [-0.2, 0) is 14.4 Å². The molecule has 0 unspecified atom stereocenters. The minimum Gasteiger partial charge on any atom is -0.497 e. The Morgan fingerprint density at radius 1 is 0.913 bits per heavy atom. The number of hydrogen-bond acceptors (Lipinski definition) is 9. The van der Waals surface area contributed by atoms with Crippen LogP contribution in [0, 0.1) is 5.41 Å². The number of benzene rings is 2. The van der Waals surface area contributed by atoms with Gasteiger partial charge in [0.25, 0.3) is 5.91 Å². The van der Waals surface area contributed by atoms with E-state index < -0.39 is 23.3 Å². The quantitative estimate of drug-likeness (QED) is 0.286. The summed E-state index contributed by atoms with van der Waals surface area (Å²) in [4.78, 5) is 54.8. The molecular formula is C33H41N5O8.